The van der Waals surface area contributed by atoms with E-state index in [9.17, 15) is 5.11 Å². The van der Waals surface area contributed by atoms with Crippen LogP contribution in [0.1, 0.15) is 43.1 Å². The summed E-state index contributed by atoms with van der Waals surface area (Å²) in [4.78, 5) is 8.95. The van der Waals surface area contributed by atoms with Crippen LogP contribution in [0.15, 0.2) is 12.3 Å². The van der Waals surface area contributed by atoms with E-state index >= 15 is 0 Å². The third-order valence-corrected chi connectivity index (χ3v) is 5.01. The predicted octanol–water partition coefficient (Wildman–Crippen LogP) is 1.96. The van der Waals surface area contributed by atoms with Gasteiger partial charge in [-0.3, -0.25) is 0 Å². The zero-order chi connectivity index (χ0) is 20.6. The predicted molar refractivity (Wildman–Crippen MR) is 108 cm³/mol. The van der Waals surface area contributed by atoms with E-state index in [0.717, 1.165) is 18.7 Å². The van der Waals surface area contributed by atoms with Crippen molar-refractivity contribution in [3.05, 3.63) is 23.8 Å². The van der Waals surface area contributed by atoms with Gasteiger partial charge in [0, 0.05) is 19.2 Å². The molecule has 2 rings (SSSR count). The molecule has 166 valence electrons. The number of aliphatic hydroxyl groups excluding tert-OH is 1. The Morgan fingerprint density at radius 3 is 2.17 bits per heavy atom. The fraction of sp³-hybridized carbons (Fsp3) is 0.810. The van der Waals surface area contributed by atoms with E-state index in [2.05, 4.69) is 9.97 Å². The molecular formula is C21H36N2O6. The highest BCUT2D eigenvalue weighted by atomic mass is 16.6. The maximum Gasteiger partial charge on any atom is 0.132 e. The first-order valence-corrected chi connectivity index (χ1v) is 10.6. The highest BCUT2D eigenvalue weighted by Crippen LogP contribution is 2.36. The van der Waals surface area contributed by atoms with Gasteiger partial charge in [-0.25, -0.2) is 9.97 Å². The van der Waals surface area contributed by atoms with Crippen LogP contribution in [0.3, 0.4) is 0 Å². The lowest BCUT2D eigenvalue weighted by atomic mass is 9.79. The number of ether oxygens (including phenoxy) is 5. The lowest BCUT2D eigenvalue weighted by molar-refractivity contribution is -0.0133. The zero-order valence-corrected chi connectivity index (χ0v) is 17.6. The van der Waals surface area contributed by atoms with Gasteiger partial charge in [0.05, 0.1) is 71.8 Å². The van der Waals surface area contributed by atoms with Crippen LogP contribution in [0, 0.1) is 5.92 Å². The smallest absolute Gasteiger partial charge is 0.132 e. The number of aromatic nitrogens is 2. The standard InChI is InChI=1S/C21H36N2O6/c1-25-8-9-26-10-11-27-12-13-28-14-15-29-17-18-4-2-3-5-20(18)21-22-7-6-19(16-24)23-21/h6-7,18,20,24H,2-5,8-17H2,1H3/t18-,20+/m0/s1. The van der Waals surface area contributed by atoms with Crippen molar-refractivity contribution in [1.82, 2.24) is 9.97 Å². The lowest BCUT2D eigenvalue weighted by Crippen LogP contribution is -2.25. The summed E-state index contributed by atoms with van der Waals surface area (Å²) < 4.78 is 27.1. The Morgan fingerprint density at radius 2 is 1.52 bits per heavy atom. The largest absolute Gasteiger partial charge is 0.390 e. The first kappa shape index (κ1) is 24.1. The van der Waals surface area contributed by atoms with E-state index in [1.807, 2.05) is 0 Å². The molecule has 2 atom stereocenters. The van der Waals surface area contributed by atoms with E-state index in [4.69, 9.17) is 23.7 Å². The molecule has 1 N–H and O–H groups in total. The number of methoxy groups -OCH3 is 1. The van der Waals surface area contributed by atoms with Gasteiger partial charge in [0.1, 0.15) is 5.82 Å². The van der Waals surface area contributed by atoms with Crippen LogP contribution in [0.5, 0.6) is 0 Å². The molecule has 0 bridgehead atoms. The monoisotopic (exact) mass is 412 g/mol. The second-order valence-electron chi connectivity index (χ2n) is 7.12. The van der Waals surface area contributed by atoms with Gasteiger partial charge in [-0.05, 0) is 24.8 Å². The van der Waals surface area contributed by atoms with Crippen molar-refractivity contribution < 1.29 is 28.8 Å². The van der Waals surface area contributed by atoms with Crippen molar-refractivity contribution in [2.75, 3.05) is 66.6 Å². The molecule has 0 spiro atoms. The Balaban J connectivity index is 1.52. The van der Waals surface area contributed by atoms with Crippen molar-refractivity contribution in [3.63, 3.8) is 0 Å². The first-order chi connectivity index (χ1) is 14.3. The Kier molecular flexibility index (Phi) is 13.0. The van der Waals surface area contributed by atoms with Gasteiger partial charge in [0.15, 0.2) is 0 Å². The summed E-state index contributed by atoms with van der Waals surface area (Å²) in [5, 5.41) is 9.31. The van der Waals surface area contributed by atoms with Gasteiger partial charge in [-0.2, -0.15) is 0 Å². The lowest BCUT2D eigenvalue weighted by Gasteiger charge is -2.30. The van der Waals surface area contributed by atoms with Crippen LogP contribution >= 0.6 is 0 Å². The summed E-state index contributed by atoms with van der Waals surface area (Å²) in [6.45, 7) is 5.20. The minimum absolute atomic E-state index is 0.0503. The van der Waals surface area contributed by atoms with Gasteiger partial charge >= 0.3 is 0 Å². The number of aliphatic hydroxyl groups is 1. The molecular weight excluding hydrogens is 376 g/mol. The molecule has 1 aromatic rings. The van der Waals surface area contributed by atoms with Crippen LogP contribution in [0.25, 0.3) is 0 Å². The van der Waals surface area contributed by atoms with Crippen LogP contribution < -0.4 is 0 Å². The topological polar surface area (TPSA) is 92.2 Å². The highest BCUT2D eigenvalue weighted by molar-refractivity contribution is 5.07. The second-order valence-corrected chi connectivity index (χ2v) is 7.12. The minimum atomic E-state index is -0.0503. The third-order valence-electron chi connectivity index (χ3n) is 5.01. The van der Waals surface area contributed by atoms with Crippen LogP contribution in [-0.4, -0.2) is 81.6 Å². The van der Waals surface area contributed by atoms with E-state index in [-0.39, 0.29) is 6.61 Å². The molecule has 0 amide bonds. The number of hydrogen-bond donors (Lipinski definition) is 1. The highest BCUT2D eigenvalue weighted by Gasteiger charge is 2.28. The number of hydrogen-bond acceptors (Lipinski definition) is 8. The van der Waals surface area contributed by atoms with Gasteiger partial charge in [0.2, 0.25) is 0 Å². The average molecular weight is 413 g/mol. The molecule has 1 aromatic heterocycles. The Bertz CT molecular complexity index is 534. The molecule has 0 aliphatic heterocycles. The number of rotatable bonds is 16. The van der Waals surface area contributed by atoms with Crippen molar-refractivity contribution in [2.24, 2.45) is 5.92 Å². The Morgan fingerprint density at radius 1 is 0.897 bits per heavy atom. The van der Waals surface area contributed by atoms with E-state index in [1.165, 1.54) is 12.8 Å². The fourth-order valence-electron chi connectivity index (χ4n) is 3.46. The van der Waals surface area contributed by atoms with Gasteiger partial charge in [0.25, 0.3) is 0 Å². The summed E-state index contributed by atoms with van der Waals surface area (Å²) in [6, 6.07) is 1.76. The van der Waals surface area contributed by atoms with Crippen molar-refractivity contribution in [2.45, 2.75) is 38.2 Å². The SMILES string of the molecule is COCCOCCOCCOCCOC[C@@H]1CCCC[C@H]1c1nccc(CO)n1. The molecule has 29 heavy (non-hydrogen) atoms. The molecule has 0 radical (unpaired) electrons. The van der Waals surface area contributed by atoms with E-state index in [0.29, 0.717) is 77.0 Å². The summed E-state index contributed by atoms with van der Waals surface area (Å²) in [6.07, 6.45) is 6.34. The quantitative estimate of drug-likeness (QED) is 0.412. The zero-order valence-electron chi connectivity index (χ0n) is 17.6. The van der Waals surface area contributed by atoms with E-state index < -0.39 is 0 Å². The van der Waals surface area contributed by atoms with Crippen LogP contribution in [-0.2, 0) is 30.3 Å². The maximum atomic E-state index is 9.31. The van der Waals surface area contributed by atoms with Gasteiger partial charge < -0.3 is 28.8 Å². The molecule has 0 aromatic carbocycles. The molecule has 1 saturated carbocycles. The number of nitrogens with zero attached hydrogens (tertiary/aromatic N) is 2. The maximum absolute atomic E-state index is 9.31. The van der Waals surface area contributed by atoms with Crippen molar-refractivity contribution in [1.29, 1.82) is 0 Å². The average Bonchev–Trinajstić information content (AvgIpc) is 2.77. The Hall–Kier alpha value is -1.16. The van der Waals surface area contributed by atoms with Gasteiger partial charge in [-0.15, -0.1) is 0 Å². The molecule has 0 unspecified atom stereocenters. The molecule has 1 aliphatic rings. The molecule has 1 aliphatic carbocycles. The van der Waals surface area contributed by atoms with Crippen LogP contribution in [0.4, 0.5) is 0 Å². The van der Waals surface area contributed by atoms with E-state index in [1.54, 1.807) is 19.4 Å². The third kappa shape index (κ3) is 9.93. The molecule has 0 saturated heterocycles. The Labute approximate surface area is 173 Å². The summed E-state index contributed by atoms with van der Waals surface area (Å²) in [7, 11) is 1.65. The molecule has 1 heterocycles. The van der Waals surface area contributed by atoms with Gasteiger partial charge in [-0.1, -0.05) is 12.8 Å². The molecule has 8 heteroatoms. The molecule has 1 fully saturated rings. The minimum Gasteiger partial charge on any atom is -0.390 e. The van der Waals surface area contributed by atoms with Crippen LogP contribution in [0.2, 0.25) is 0 Å². The second kappa shape index (κ2) is 15.6. The first-order valence-electron chi connectivity index (χ1n) is 10.6. The van der Waals surface area contributed by atoms with Crippen molar-refractivity contribution in [3.8, 4) is 0 Å². The normalized spacial score (nSPS) is 19.5. The summed E-state index contributed by atoms with van der Waals surface area (Å²) >= 11 is 0. The fourth-order valence-corrected chi connectivity index (χ4v) is 3.46. The van der Waals surface area contributed by atoms with Crippen molar-refractivity contribution >= 4 is 0 Å². The summed E-state index contributed by atoms with van der Waals surface area (Å²) in [5.41, 5.74) is 0.678. The molecule has 8 nitrogen and oxygen atoms in total. The summed E-state index contributed by atoms with van der Waals surface area (Å²) in [5.74, 6) is 1.55.